The van der Waals surface area contributed by atoms with Gasteiger partial charge in [-0.3, -0.25) is 0 Å². The molecule has 108 valence electrons. The summed E-state index contributed by atoms with van der Waals surface area (Å²) in [5.41, 5.74) is 3.44. The first-order valence-corrected chi connectivity index (χ1v) is 5.93. The summed E-state index contributed by atoms with van der Waals surface area (Å²) in [5, 5.41) is 3.63. The summed E-state index contributed by atoms with van der Waals surface area (Å²) in [4.78, 5) is 11.5. The summed E-state index contributed by atoms with van der Waals surface area (Å²) in [6.07, 6.45) is -3.35. The Balaban J connectivity index is 3.24. The number of ether oxygens (including phenoxy) is 1. The number of alkyl halides is 3. The third-order valence-electron chi connectivity index (χ3n) is 2.47. The molecular formula is C11H16F3N3O2. The Kier molecular flexibility index (Phi) is 4.79. The van der Waals surface area contributed by atoms with E-state index in [0.717, 1.165) is 11.1 Å². The number of carbonyl (C=O) groups is 1. The normalized spacial score (nSPS) is 11.6. The van der Waals surface area contributed by atoms with Crippen molar-refractivity contribution in [2.45, 2.75) is 39.4 Å². The van der Waals surface area contributed by atoms with Crippen molar-refractivity contribution in [1.29, 1.82) is 0 Å². The second kappa shape index (κ2) is 5.94. The molecule has 0 aliphatic heterocycles. The second-order valence-electron chi connectivity index (χ2n) is 3.90. The van der Waals surface area contributed by atoms with Crippen molar-refractivity contribution in [2.24, 2.45) is 0 Å². The molecule has 0 aliphatic rings. The van der Waals surface area contributed by atoms with E-state index < -0.39 is 29.2 Å². The number of esters is 1. The Labute approximate surface area is 108 Å². The molecule has 0 amide bonds. The van der Waals surface area contributed by atoms with E-state index in [0.29, 0.717) is 6.42 Å². The highest BCUT2D eigenvalue weighted by molar-refractivity contribution is 5.90. The molecule has 0 saturated heterocycles. The first kappa shape index (κ1) is 15.3. The number of unbranched alkanes of at least 4 members (excludes halogenated alkanes) is 1. The van der Waals surface area contributed by atoms with E-state index in [2.05, 4.69) is 9.84 Å². The topological polar surface area (TPSA) is 70.1 Å². The Hall–Kier alpha value is -1.73. The monoisotopic (exact) mass is 279 g/mol. The predicted molar refractivity (Wildman–Crippen MR) is 62.5 cm³/mol. The molecule has 8 heteroatoms. The highest BCUT2D eigenvalue weighted by atomic mass is 19.4. The molecule has 0 aromatic carbocycles. The quantitative estimate of drug-likeness (QED) is 0.840. The van der Waals surface area contributed by atoms with Crippen molar-refractivity contribution in [3.8, 4) is 0 Å². The van der Waals surface area contributed by atoms with E-state index in [1.54, 1.807) is 0 Å². The fourth-order valence-corrected chi connectivity index (χ4v) is 1.58. The number of nitrogens with zero attached hydrogens (tertiary/aromatic N) is 2. The van der Waals surface area contributed by atoms with E-state index >= 15 is 0 Å². The molecule has 5 nitrogen and oxygen atoms in total. The van der Waals surface area contributed by atoms with Gasteiger partial charge in [0, 0.05) is 6.54 Å². The van der Waals surface area contributed by atoms with Crippen LogP contribution in [0.15, 0.2) is 0 Å². The van der Waals surface area contributed by atoms with E-state index in [9.17, 15) is 18.0 Å². The van der Waals surface area contributed by atoms with Crippen LogP contribution in [0.1, 0.15) is 42.7 Å². The molecule has 1 heterocycles. The molecule has 0 saturated carbocycles. The van der Waals surface area contributed by atoms with Crippen LogP contribution in [0.3, 0.4) is 0 Å². The standard InChI is InChI=1S/C11H16F3N3O2/c1-3-5-6-17-9(15)7(11(12,13)14)8(16-17)10(18)19-4-2/h3-6,15H2,1-2H3. The molecule has 0 radical (unpaired) electrons. The van der Waals surface area contributed by atoms with Gasteiger partial charge in [-0.2, -0.15) is 18.3 Å². The van der Waals surface area contributed by atoms with Crippen LogP contribution in [0.5, 0.6) is 0 Å². The summed E-state index contributed by atoms with van der Waals surface area (Å²) in [7, 11) is 0. The summed E-state index contributed by atoms with van der Waals surface area (Å²) in [5.74, 6) is -1.67. The van der Waals surface area contributed by atoms with Crippen LogP contribution in [0.2, 0.25) is 0 Å². The van der Waals surface area contributed by atoms with Crippen LogP contribution in [0, 0.1) is 0 Å². The van der Waals surface area contributed by atoms with Gasteiger partial charge in [-0.15, -0.1) is 0 Å². The lowest BCUT2D eigenvalue weighted by Gasteiger charge is -2.07. The maximum absolute atomic E-state index is 12.9. The van der Waals surface area contributed by atoms with Gasteiger partial charge >= 0.3 is 12.1 Å². The molecule has 1 rings (SSSR count). The number of hydrogen-bond donors (Lipinski definition) is 1. The molecule has 0 spiro atoms. The molecule has 0 bridgehead atoms. The Bertz CT molecular complexity index is 455. The van der Waals surface area contributed by atoms with Gasteiger partial charge in [0.15, 0.2) is 5.69 Å². The minimum absolute atomic E-state index is 0.0299. The highest BCUT2D eigenvalue weighted by Crippen LogP contribution is 2.36. The van der Waals surface area contributed by atoms with E-state index in [1.165, 1.54) is 6.92 Å². The summed E-state index contributed by atoms with van der Waals surface area (Å²) in [6, 6.07) is 0. The minimum atomic E-state index is -4.74. The SMILES string of the molecule is CCCCn1nc(C(=O)OCC)c(C(F)(F)F)c1N. The Morgan fingerprint density at radius 1 is 1.42 bits per heavy atom. The van der Waals surface area contributed by atoms with Crippen LogP contribution < -0.4 is 5.73 Å². The molecule has 0 atom stereocenters. The number of aromatic nitrogens is 2. The number of carbonyl (C=O) groups excluding carboxylic acids is 1. The second-order valence-corrected chi connectivity index (χ2v) is 3.90. The first-order chi connectivity index (χ1) is 8.82. The zero-order valence-electron chi connectivity index (χ0n) is 10.8. The van der Waals surface area contributed by atoms with Crippen molar-refractivity contribution in [3.05, 3.63) is 11.3 Å². The fourth-order valence-electron chi connectivity index (χ4n) is 1.58. The largest absolute Gasteiger partial charge is 0.461 e. The van der Waals surface area contributed by atoms with E-state index in [-0.39, 0.29) is 13.2 Å². The molecule has 1 aromatic heterocycles. The molecule has 0 unspecified atom stereocenters. The molecule has 0 aliphatic carbocycles. The third-order valence-corrected chi connectivity index (χ3v) is 2.47. The smallest absolute Gasteiger partial charge is 0.422 e. The lowest BCUT2D eigenvalue weighted by atomic mass is 10.2. The summed E-state index contributed by atoms with van der Waals surface area (Å²) < 4.78 is 44.3. The summed E-state index contributed by atoms with van der Waals surface area (Å²) >= 11 is 0. The van der Waals surface area contributed by atoms with Gasteiger partial charge < -0.3 is 10.5 Å². The number of anilines is 1. The number of halogens is 3. The van der Waals surface area contributed by atoms with Gasteiger partial charge in [-0.05, 0) is 13.3 Å². The average molecular weight is 279 g/mol. The van der Waals surface area contributed by atoms with Gasteiger partial charge in [-0.25, -0.2) is 9.48 Å². The van der Waals surface area contributed by atoms with Crippen molar-refractivity contribution in [1.82, 2.24) is 9.78 Å². The van der Waals surface area contributed by atoms with Crippen LogP contribution >= 0.6 is 0 Å². The number of aryl methyl sites for hydroxylation is 1. The van der Waals surface area contributed by atoms with Crippen LogP contribution in [-0.4, -0.2) is 22.4 Å². The maximum Gasteiger partial charge on any atom is 0.422 e. The third kappa shape index (κ3) is 3.39. The molecular weight excluding hydrogens is 263 g/mol. The average Bonchev–Trinajstić information content (AvgIpc) is 2.64. The highest BCUT2D eigenvalue weighted by Gasteiger charge is 2.42. The van der Waals surface area contributed by atoms with Crippen LogP contribution in [-0.2, 0) is 17.5 Å². The molecule has 1 aromatic rings. The zero-order valence-corrected chi connectivity index (χ0v) is 10.8. The van der Waals surface area contributed by atoms with Crippen LogP contribution in [0.4, 0.5) is 19.0 Å². The van der Waals surface area contributed by atoms with Gasteiger partial charge in [0.2, 0.25) is 0 Å². The minimum Gasteiger partial charge on any atom is -0.461 e. The number of hydrogen-bond acceptors (Lipinski definition) is 4. The lowest BCUT2D eigenvalue weighted by Crippen LogP contribution is -2.15. The fraction of sp³-hybridized carbons (Fsp3) is 0.636. The van der Waals surface area contributed by atoms with Crippen LogP contribution in [0.25, 0.3) is 0 Å². The number of rotatable bonds is 5. The molecule has 0 fully saturated rings. The summed E-state index contributed by atoms with van der Waals surface area (Å²) in [6.45, 7) is 3.59. The number of nitrogens with two attached hydrogens (primary N) is 1. The first-order valence-electron chi connectivity index (χ1n) is 5.93. The van der Waals surface area contributed by atoms with Gasteiger partial charge in [0.05, 0.1) is 6.61 Å². The Morgan fingerprint density at radius 2 is 2.05 bits per heavy atom. The van der Waals surface area contributed by atoms with Gasteiger partial charge in [-0.1, -0.05) is 13.3 Å². The van der Waals surface area contributed by atoms with Gasteiger partial charge in [0.25, 0.3) is 0 Å². The number of nitrogen functional groups attached to an aromatic ring is 1. The zero-order chi connectivity index (χ0) is 14.6. The van der Waals surface area contributed by atoms with Crippen molar-refractivity contribution >= 4 is 11.8 Å². The van der Waals surface area contributed by atoms with E-state index in [4.69, 9.17) is 5.73 Å². The van der Waals surface area contributed by atoms with Crippen molar-refractivity contribution in [3.63, 3.8) is 0 Å². The maximum atomic E-state index is 12.9. The van der Waals surface area contributed by atoms with E-state index in [1.807, 2.05) is 6.92 Å². The molecule has 19 heavy (non-hydrogen) atoms. The van der Waals surface area contributed by atoms with Gasteiger partial charge in [0.1, 0.15) is 11.4 Å². The lowest BCUT2D eigenvalue weighted by molar-refractivity contribution is -0.137. The molecule has 2 N–H and O–H groups in total. The predicted octanol–water partition coefficient (Wildman–Crippen LogP) is 2.46. The Morgan fingerprint density at radius 3 is 2.53 bits per heavy atom. The van der Waals surface area contributed by atoms with Crippen molar-refractivity contribution in [2.75, 3.05) is 12.3 Å². The van der Waals surface area contributed by atoms with Crippen molar-refractivity contribution < 1.29 is 22.7 Å².